The summed E-state index contributed by atoms with van der Waals surface area (Å²) < 4.78 is 19.4. The van der Waals surface area contributed by atoms with Crippen molar-refractivity contribution in [3.63, 3.8) is 0 Å². The number of nitrogens with zero attached hydrogens (tertiary/aromatic N) is 2. The van der Waals surface area contributed by atoms with Crippen molar-refractivity contribution in [2.75, 3.05) is 7.11 Å². The molecule has 0 saturated heterocycles. The van der Waals surface area contributed by atoms with Crippen molar-refractivity contribution < 1.29 is 13.9 Å². The van der Waals surface area contributed by atoms with Crippen molar-refractivity contribution in [1.82, 2.24) is 15.3 Å². The number of nitrogens with one attached hydrogen (secondary N) is 1. The Hall–Kier alpha value is -2.80. The molecule has 1 amide bonds. The number of methoxy groups -OCH3 is 1. The van der Waals surface area contributed by atoms with Gasteiger partial charge in [-0.3, -0.25) is 9.78 Å². The summed E-state index contributed by atoms with van der Waals surface area (Å²) in [4.78, 5) is 21.4. The van der Waals surface area contributed by atoms with Crippen LogP contribution in [0.25, 0.3) is 10.6 Å². The Kier molecular flexibility index (Phi) is 5.04. The zero-order valence-electron chi connectivity index (χ0n) is 13.7. The summed E-state index contributed by atoms with van der Waals surface area (Å²) in [6.07, 6.45) is 3.33. The molecule has 0 saturated carbocycles. The number of carbonyl (C=O) groups is 1. The highest BCUT2D eigenvalue weighted by Crippen LogP contribution is 2.36. The third-order valence-corrected chi connectivity index (χ3v) is 4.61. The smallest absolute Gasteiger partial charge is 0.271 e. The van der Waals surface area contributed by atoms with E-state index in [9.17, 15) is 9.18 Å². The first-order chi connectivity index (χ1) is 12.1. The van der Waals surface area contributed by atoms with E-state index in [-0.39, 0.29) is 11.5 Å². The molecular weight excluding hydrogens is 341 g/mol. The van der Waals surface area contributed by atoms with Gasteiger partial charge < -0.3 is 10.1 Å². The van der Waals surface area contributed by atoms with Gasteiger partial charge in [0.05, 0.1) is 12.7 Å². The third kappa shape index (κ3) is 3.66. The SMILES string of the molecule is COc1cccc(F)c1-c1nc(C(=O)NCc2ccncc2)c(C)s1. The average Bonchev–Trinajstić information content (AvgIpc) is 3.01. The summed E-state index contributed by atoms with van der Waals surface area (Å²) in [5.41, 5.74) is 1.50. The molecule has 1 aromatic carbocycles. The lowest BCUT2D eigenvalue weighted by Crippen LogP contribution is -2.23. The Balaban J connectivity index is 1.84. The van der Waals surface area contributed by atoms with E-state index in [4.69, 9.17) is 4.74 Å². The minimum Gasteiger partial charge on any atom is -0.496 e. The Morgan fingerprint density at radius 3 is 2.76 bits per heavy atom. The number of hydrogen-bond acceptors (Lipinski definition) is 5. The van der Waals surface area contributed by atoms with Crippen LogP contribution in [0.1, 0.15) is 20.9 Å². The molecule has 0 aliphatic carbocycles. The molecule has 7 heteroatoms. The van der Waals surface area contributed by atoms with Gasteiger partial charge in [-0.05, 0) is 36.8 Å². The monoisotopic (exact) mass is 357 g/mol. The summed E-state index contributed by atoms with van der Waals surface area (Å²) in [5.74, 6) is -0.346. The van der Waals surface area contributed by atoms with Crippen LogP contribution in [0.2, 0.25) is 0 Å². The number of aromatic nitrogens is 2. The zero-order valence-corrected chi connectivity index (χ0v) is 14.6. The molecule has 0 aliphatic heterocycles. The Labute approximate surface area is 148 Å². The van der Waals surface area contributed by atoms with Gasteiger partial charge in [0.1, 0.15) is 22.3 Å². The highest BCUT2D eigenvalue weighted by Gasteiger charge is 2.20. The maximum atomic E-state index is 14.2. The second kappa shape index (κ2) is 7.40. The van der Waals surface area contributed by atoms with E-state index in [1.54, 1.807) is 31.5 Å². The second-order valence-electron chi connectivity index (χ2n) is 5.28. The number of rotatable bonds is 5. The van der Waals surface area contributed by atoms with Crippen LogP contribution in [0.5, 0.6) is 5.75 Å². The average molecular weight is 357 g/mol. The highest BCUT2D eigenvalue weighted by molar-refractivity contribution is 7.15. The first-order valence-electron chi connectivity index (χ1n) is 7.57. The normalized spacial score (nSPS) is 10.5. The second-order valence-corrected chi connectivity index (χ2v) is 6.48. The highest BCUT2D eigenvalue weighted by atomic mass is 32.1. The topological polar surface area (TPSA) is 64.1 Å². The fourth-order valence-electron chi connectivity index (χ4n) is 2.36. The number of amides is 1. The lowest BCUT2D eigenvalue weighted by Gasteiger charge is -2.06. The minimum absolute atomic E-state index is 0.270. The number of ether oxygens (including phenoxy) is 1. The van der Waals surface area contributed by atoms with Gasteiger partial charge in [0.2, 0.25) is 0 Å². The standard InChI is InChI=1S/C18H16FN3O2S/c1-11-16(17(23)21-10-12-6-8-20-9-7-12)22-18(25-11)15-13(19)4-3-5-14(15)24-2/h3-9H,10H2,1-2H3,(H,21,23). The van der Waals surface area contributed by atoms with Crippen LogP contribution in [-0.2, 0) is 6.54 Å². The Morgan fingerprint density at radius 1 is 1.28 bits per heavy atom. The van der Waals surface area contributed by atoms with Crippen LogP contribution >= 0.6 is 11.3 Å². The fraction of sp³-hybridized carbons (Fsp3) is 0.167. The van der Waals surface area contributed by atoms with Gasteiger partial charge in [-0.1, -0.05) is 6.07 Å². The van der Waals surface area contributed by atoms with E-state index in [0.717, 1.165) is 5.56 Å². The third-order valence-electron chi connectivity index (χ3n) is 3.62. The summed E-state index contributed by atoms with van der Waals surface area (Å²) in [5, 5.41) is 3.23. The van der Waals surface area contributed by atoms with Crippen molar-refractivity contribution >= 4 is 17.2 Å². The molecule has 0 bridgehead atoms. The molecule has 0 aliphatic rings. The quantitative estimate of drug-likeness (QED) is 0.758. The molecular formula is C18H16FN3O2S. The van der Waals surface area contributed by atoms with E-state index in [1.807, 2.05) is 12.1 Å². The summed E-state index contributed by atoms with van der Waals surface area (Å²) >= 11 is 1.26. The van der Waals surface area contributed by atoms with Gasteiger partial charge in [0.25, 0.3) is 5.91 Å². The van der Waals surface area contributed by atoms with Gasteiger partial charge in [-0.2, -0.15) is 0 Å². The van der Waals surface area contributed by atoms with E-state index >= 15 is 0 Å². The van der Waals surface area contributed by atoms with E-state index in [2.05, 4.69) is 15.3 Å². The number of benzene rings is 1. The molecule has 5 nitrogen and oxygen atoms in total. The van der Waals surface area contributed by atoms with Crippen LogP contribution in [-0.4, -0.2) is 23.0 Å². The Bertz CT molecular complexity index is 897. The number of halogens is 1. The van der Waals surface area contributed by atoms with Crippen LogP contribution in [0.4, 0.5) is 4.39 Å². The predicted molar refractivity (Wildman–Crippen MR) is 94.2 cm³/mol. The van der Waals surface area contributed by atoms with Crippen LogP contribution < -0.4 is 10.1 Å². The Morgan fingerprint density at radius 2 is 2.04 bits per heavy atom. The zero-order chi connectivity index (χ0) is 17.8. The van der Waals surface area contributed by atoms with Crippen molar-refractivity contribution in [3.8, 4) is 16.3 Å². The van der Waals surface area contributed by atoms with Crippen LogP contribution in [0.3, 0.4) is 0 Å². The first-order valence-corrected chi connectivity index (χ1v) is 8.39. The number of thiazole rings is 1. The molecule has 0 radical (unpaired) electrons. The number of pyridine rings is 1. The molecule has 128 valence electrons. The molecule has 3 aromatic rings. The molecule has 25 heavy (non-hydrogen) atoms. The maximum Gasteiger partial charge on any atom is 0.271 e. The maximum absolute atomic E-state index is 14.2. The van der Waals surface area contributed by atoms with Gasteiger partial charge in [-0.25, -0.2) is 9.37 Å². The molecule has 2 heterocycles. The molecule has 0 atom stereocenters. The minimum atomic E-state index is -0.433. The summed E-state index contributed by atoms with van der Waals surface area (Å²) in [7, 11) is 1.47. The molecule has 3 rings (SSSR count). The van der Waals surface area contributed by atoms with Crippen LogP contribution in [0, 0.1) is 12.7 Å². The van der Waals surface area contributed by atoms with Crippen molar-refractivity contribution in [2.45, 2.75) is 13.5 Å². The largest absolute Gasteiger partial charge is 0.496 e. The molecule has 0 fully saturated rings. The van der Waals surface area contributed by atoms with Crippen molar-refractivity contribution in [3.05, 3.63) is 64.7 Å². The summed E-state index contributed by atoms with van der Waals surface area (Å²) in [6, 6.07) is 8.23. The first kappa shape index (κ1) is 17.0. The number of hydrogen-bond donors (Lipinski definition) is 1. The molecule has 1 N–H and O–H groups in total. The molecule has 2 aromatic heterocycles. The van der Waals surface area contributed by atoms with E-state index < -0.39 is 5.82 Å². The number of aryl methyl sites for hydroxylation is 1. The van der Waals surface area contributed by atoms with E-state index in [1.165, 1.54) is 24.5 Å². The molecule has 0 spiro atoms. The van der Waals surface area contributed by atoms with Gasteiger partial charge in [0.15, 0.2) is 0 Å². The predicted octanol–water partition coefficient (Wildman–Crippen LogP) is 3.59. The lowest BCUT2D eigenvalue weighted by molar-refractivity contribution is 0.0946. The van der Waals surface area contributed by atoms with Gasteiger partial charge in [-0.15, -0.1) is 11.3 Å². The van der Waals surface area contributed by atoms with Gasteiger partial charge in [0, 0.05) is 23.8 Å². The number of carbonyl (C=O) groups excluding carboxylic acids is 1. The van der Waals surface area contributed by atoms with Crippen LogP contribution in [0.15, 0.2) is 42.7 Å². The van der Waals surface area contributed by atoms with Gasteiger partial charge >= 0.3 is 0 Å². The lowest BCUT2D eigenvalue weighted by atomic mass is 10.2. The summed E-state index contributed by atoms with van der Waals surface area (Å²) in [6.45, 7) is 2.16. The van der Waals surface area contributed by atoms with E-state index in [0.29, 0.717) is 27.9 Å². The fourth-order valence-corrected chi connectivity index (χ4v) is 3.32. The molecule has 0 unspecified atom stereocenters. The van der Waals surface area contributed by atoms with Crippen molar-refractivity contribution in [2.24, 2.45) is 0 Å². The van der Waals surface area contributed by atoms with Crippen molar-refractivity contribution in [1.29, 1.82) is 0 Å².